The Hall–Kier alpha value is -0.830. The summed E-state index contributed by atoms with van der Waals surface area (Å²) in [6, 6.07) is 0.507. The van der Waals surface area contributed by atoms with Gasteiger partial charge in [-0.25, -0.2) is 4.79 Å². The first-order valence-corrected chi connectivity index (χ1v) is 11.7. The zero-order valence-corrected chi connectivity index (χ0v) is 17.9. The summed E-state index contributed by atoms with van der Waals surface area (Å²) in [5.74, 6) is 1.31. The quantitative estimate of drug-likeness (QED) is 0.280. The minimum absolute atomic E-state index is 0.0368. The number of amides is 2. The van der Waals surface area contributed by atoms with Crippen molar-refractivity contribution in [1.82, 2.24) is 10.6 Å². The molecule has 2 heterocycles. The highest BCUT2D eigenvalue weighted by Crippen LogP contribution is 2.33. The summed E-state index contributed by atoms with van der Waals surface area (Å²) in [4.78, 5) is 23.3. The van der Waals surface area contributed by atoms with E-state index in [9.17, 15) is 9.59 Å². The first-order valence-electron chi connectivity index (χ1n) is 10.6. The van der Waals surface area contributed by atoms with Crippen LogP contribution < -0.4 is 10.6 Å². The lowest BCUT2D eigenvalue weighted by Gasteiger charge is -2.16. The van der Waals surface area contributed by atoms with Gasteiger partial charge in [0.2, 0.25) is 0 Å². The van der Waals surface area contributed by atoms with Gasteiger partial charge < -0.3 is 24.8 Å². The fourth-order valence-corrected chi connectivity index (χ4v) is 5.04. The lowest BCUT2D eigenvalue weighted by Crippen LogP contribution is -2.36. The van der Waals surface area contributed by atoms with E-state index in [1.165, 1.54) is 0 Å². The van der Waals surface area contributed by atoms with Crippen molar-refractivity contribution >= 4 is 23.6 Å². The zero-order chi connectivity index (χ0) is 20.0. The van der Waals surface area contributed by atoms with E-state index in [4.69, 9.17) is 14.2 Å². The second-order valence-electron chi connectivity index (χ2n) is 7.35. The maximum Gasteiger partial charge on any atom is 0.315 e. The molecule has 2 aliphatic rings. The van der Waals surface area contributed by atoms with Crippen molar-refractivity contribution in [2.24, 2.45) is 0 Å². The number of unbranched alkanes of at least 4 members (excludes halogenated alkanes) is 1. The van der Waals surface area contributed by atoms with Gasteiger partial charge in [-0.05, 0) is 25.7 Å². The summed E-state index contributed by atoms with van der Waals surface area (Å²) in [7, 11) is 0. The summed E-state index contributed by atoms with van der Waals surface area (Å²) in [5.41, 5.74) is 0. The number of hydrogen-bond acceptors (Lipinski definition) is 6. The first-order chi connectivity index (χ1) is 13.7. The normalized spacial score (nSPS) is 23.5. The van der Waals surface area contributed by atoms with Crippen LogP contribution in [0.15, 0.2) is 0 Å². The lowest BCUT2D eigenvalue weighted by atomic mass is 10.0. The fraction of sp³-hybridized carbons (Fsp3) is 0.900. The van der Waals surface area contributed by atoms with Gasteiger partial charge in [-0.3, -0.25) is 4.79 Å². The Labute approximate surface area is 173 Å². The van der Waals surface area contributed by atoms with Gasteiger partial charge in [0.05, 0.1) is 38.5 Å². The topological polar surface area (TPSA) is 85.9 Å². The summed E-state index contributed by atoms with van der Waals surface area (Å²) in [5, 5.41) is 6.45. The number of thioether (sulfide) groups is 1. The molecule has 2 fully saturated rings. The largest absolute Gasteiger partial charge is 0.379 e. The highest BCUT2D eigenvalue weighted by molar-refractivity contribution is 8.00. The van der Waals surface area contributed by atoms with Crippen molar-refractivity contribution in [2.75, 3.05) is 45.4 Å². The number of rotatable bonds is 17. The van der Waals surface area contributed by atoms with Gasteiger partial charge >= 0.3 is 6.03 Å². The van der Waals surface area contributed by atoms with Gasteiger partial charge in [0.15, 0.2) is 0 Å². The SMILES string of the molecule is CCCOCCOCCOCCCC(=O)CCCC[C@@H]1SC[C@@H]2NC(=O)N[C@@H]21. The van der Waals surface area contributed by atoms with Crippen LogP contribution in [0.2, 0.25) is 0 Å². The number of nitrogens with one attached hydrogen (secondary N) is 2. The van der Waals surface area contributed by atoms with Crippen molar-refractivity contribution in [1.29, 1.82) is 0 Å². The molecule has 2 saturated heterocycles. The van der Waals surface area contributed by atoms with Crippen LogP contribution in [0.25, 0.3) is 0 Å². The predicted molar refractivity (Wildman–Crippen MR) is 111 cm³/mol. The van der Waals surface area contributed by atoms with E-state index in [0.29, 0.717) is 56.9 Å². The Morgan fingerprint density at radius 2 is 1.64 bits per heavy atom. The highest BCUT2D eigenvalue weighted by atomic mass is 32.2. The maximum atomic E-state index is 12.0. The third-order valence-electron chi connectivity index (χ3n) is 4.97. The van der Waals surface area contributed by atoms with Crippen LogP contribution in [-0.2, 0) is 19.0 Å². The van der Waals surface area contributed by atoms with Crippen LogP contribution >= 0.6 is 11.8 Å². The zero-order valence-electron chi connectivity index (χ0n) is 17.1. The summed E-state index contributed by atoms with van der Waals surface area (Å²) < 4.78 is 16.2. The molecule has 2 rings (SSSR count). The van der Waals surface area contributed by atoms with E-state index in [1.807, 2.05) is 11.8 Å². The maximum absolute atomic E-state index is 12.0. The number of Topliss-reactive ketones (excluding diaryl/α,β-unsaturated/α-hetero) is 1. The van der Waals surface area contributed by atoms with Crippen LogP contribution in [0.4, 0.5) is 4.79 Å². The molecule has 8 heteroatoms. The van der Waals surface area contributed by atoms with Gasteiger partial charge in [-0.1, -0.05) is 13.3 Å². The molecular formula is C20H36N2O5S. The predicted octanol–water partition coefficient (Wildman–Crippen LogP) is 2.52. The summed E-state index contributed by atoms with van der Waals surface area (Å²) in [6.07, 6.45) is 6.08. The van der Waals surface area contributed by atoms with Gasteiger partial charge in [0.25, 0.3) is 0 Å². The molecule has 2 amide bonds. The van der Waals surface area contributed by atoms with E-state index in [2.05, 4.69) is 17.6 Å². The Bertz CT molecular complexity index is 466. The number of ketones is 1. The van der Waals surface area contributed by atoms with Gasteiger partial charge in [0.1, 0.15) is 5.78 Å². The van der Waals surface area contributed by atoms with Crippen LogP contribution in [0, 0.1) is 0 Å². The first kappa shape index (κ1) is 23.4. The van der Waals surface area contributed by atoms with Crippen LogP contribution in [0.1, 0.15) is 51.9 Å². The highest BCUT2D eigenvalue weighted by Gasteiger charge is 2.42. The van der Waals surface area contributed by atoms with Crippen LogP contribution in [0.3, 0.4) is 0 Å². The minimum atomic E-state index is -0.0368. The smallest absolute Gasteiger partial charge is 0.315 e. The number of fused-ring (bicyclic) bond motifs is 1. The van der Waals surface area contributed by atoms with E-state index in [-0.39, 0.29) is 18.1 Å². The molecule has 0 aromatic rings. The molecule has 2 aliphatic heterocycles. The average Bonchev–Trinajstić information content (AvgIpc) is 3.22. The summed E-state index contributed by atoms with van der Waals surface area (Å²) in [6.45, 7) is 5.84. The fourth-order valence-electron chi connectivity index (χ4n) is 3.49. The molecule has 7 nitrogen and oxygen atoms in total. The Morgan fingerprint density at radius 3 is 2.39 bits per heavy atom. The van der Waals surface area contributed by atoms with E-state index in [0.717, 1.165) is 44.5 Å². The summed E-state index contributed by atoms with van der Waals surface area (Å²) >= 11 is 1.93. The Balaban J connectivity index is 1.34. The Kier molecular flexibility index (Phi) is 11.9. The van der Waals surface area contributed by atoms with Crippen molar-refractivity contribution < 1.29 is 23.8 Å². The molecule has 162 valence electrons. The van der Waals surface area contributed by atoms with Crippen molar-refractivity contribution in [3.63, 3.8) is 0 Å². The van der Waals surface area contributed by atoms with Gasteiger partial charge in [-0.2, -0.15) is 11.8 Å². The third kappa shape index (κ3) is 9.11. The molecule has 0 spiro atoms. The van der Waals surface area contributed by atoms with E-state index >= 15 is 0 Å². The van der Waals surface area contributed by atoms with Crippen LogP contribution in [0.5, 0.6) is 0 Å². The molecule has 0 saturated carbocycles. The second-order valence-corrected chi connectivity index (χ2v) is 8.62. The van der Waals surface area contributed by atoms with Crippen LogP contribution in [-0.4, -0.2) is 74.5 Å². The molecule has 0 bridgehead atoms. The van der Waals surface area contributed by atoms with Crippen molar-refractivity contribution in [3.05, 3.63) is 0 Å². The molecule has 0 unspecified atom stereocenters. The lowest BCUT2D eigenvalue weighted by molar-refractivity contribution is -0.119. The van der Waals surface area contributed by atoms with E-state index in [1.54, 1.807) is 0 Å². The molecule has 0 aromatic carbocycles. The van der Waals surface area contributed by atoms with E-state index < -0.39 is 0 Å². The molecule has 28 heavy (non-hydrogen) atoms. The standard InChI is InChI=1S/C20H36N2O5S/c1-2-9-25-11-13-27-14-12-26-10-5-7-16(23)6-3-4-8-18-19-17(15-28-18)21-20(24)22-19/h17-19H,2-15H2,1H3,(H2,21,22,24)/t17-,18-,19-/m0/s1. The third-order valence-corrected chi connectivity index (χ3v) is 6.48. The number of carbonyl (C=O) groups excluding carboxylic acids is 2. The van der Waals surface area contributed by atoms with Crippen molar-refractivity contribution in [2.45, 2.75) is 69.2 Å². The molecule has 0 radical (unpaired) electrons. The second kappa shape index (κ2) is 14.2. The van der Waals surface area contributed by atoms with Gasteiger partial charge in [-0.15, -0.1) is 0 Å². The monoisotopic (exact) mass is 416 g/mol. The molecule has 3 atom stereocenters. The number of ether oxygens (including phenoxy) is 3. The van der Waals surface area contributed by atoms with Gasteiger partial charge in [0, 0.05) is 37.1 Å². The Morgan fingerprint density at radius 1 is 0.964 bits per heavy atom. The van der Waals surface area contributed by atoms with Crippen molar-refractivity contribution in [3.8, 4) is 0 Å². The number of carbonyl (C=O) groups is 2. The minimum Gasteiger partial charge on any atom is -0.379 e. The molecule has 2 N–H and O–H groups in total. The number of hydrogen-bond donors (Lipinski definition) is 2. The molecule has 0 aromatic heterocycles. The molecule has 0 aliphatic carbocycles. The average molecular weight is 417 g/mol. The number of urea groups is 1. The molecular weight excluding hydrogens is 380 g/mol.